The zero-order chi connectivity index (χ0) is 15.7. The van der Waals surface area contributed by atoms with Gasteiger partial charge in [-0.3, -0.25) is 0 Å². The van der Waals surface area contributed by atoms with Crippen LogP contribution in [0.25, 0.3) is 0 Å². The van der Waals surface area contributed by atoms with Crippen LogP contribution in [0.1, 0.15) is 56.6 Å². The van der Waals surface area contributed by atoms with Gasteiger partial charge in [-0.2, -0.15) is 18.4 Å². The molecule has 0 aliphatic heterocycles. The molecule has 0 saturated carbocycles. The third-order valence-corrected chi connectivity index (χ3v) is 3.17. The number of unbranched alkanes of at least 4 members (excludes halogenated alkanes) is 5. The van der Waals surface area contributed by atoms with Gasteiger partial charge in [-0.1, -0.05) is 39.0 Å². The van der Waals surface area contributed by atoms with Crippen molar-refractivity contribution in [1.82, 2.24) is 0 Å². The standard InChI is InChI=1S/C16H20F3NO/c1-2-3-4-5-6-7-10-21-15-9-8-13(12-20)11-14(15)16(17,18)19/h8-9,11H,2-7,10H2,1H3. The molecule has 0 spiro atoms. The fraction of sp³-hybridized carbons (Fsp3) is 0.562. The van der Waals surface area contributed by atoms with Crippen LogP contribution in [0.5, 0.6) is 5.75 Å². The molecule has 116 valence electrons. The molecule has 1 aromatic rings. The van der Waals surface area contributed by atoms with Gasteiger partial charge in [-0.15, -0.1) is 0 Å². The molecule has 0 saturated heterocycles. The molecule has 0 radical (unpaired) electrons. The molecular weight excluding hydrogens is 279 g/mol. The fourth-order valence-electron chi connectivity index (χ4n) is 2.01. The number of hydrogen-bond acceptors (Lipinski definition) is 2. The molecule has 0 aromatic heterocycles. The minimum atomic E-state index is -4.51. The summed E-state index contributed by atoms with van der Waals surface area (Å²) in [6.45, 7) is 2.40. The normalized spacial score (nSPS) is 11.2. The Morgan fingerprint density at radius 1 is 1.10 bits per heavy atom. The summed E-state index contributed by atoms with van der Waals surface area (Å²) in [7, 11) is 0. The second-order valence-corrected chi connectivity index (χ2v) is 4.94. The highest BCUT2D eigenvalue weighted by Gasteiger charge is 2.34. The van der Waals surface area contributed by atoms with Gasteiger partial charge >= 0.3 is 6.18 Å². The quantitative estimate of drug-likeness (QED) is 0.609. The zero-order valence-electron chi connectivity index (χ0n) is 12.2. The topological polar surface area (TPSA) is 33.0 Å². The van der Waals surface area contributed by atoms with E-state index in [-0.39, 0.29) is 17.9 Å². The van der Waals surface area contributed by atoms with Crippen LogP contribution in [0.2, 0.25) is 0 Å². The van der Waals surface area contributed by atoms with Crippen LogP contribution in [0, 0.1) is 11.3 Å². The van der Waals surface area contributed by atoms with Crippen molar-refractivity contribution in [2.75, 3.05) is 6.61 Å². The molecule has 0 N–H and O–H groups in total. The molecule has 0 aliphatic carbocycles. The highest BCUT2D eigenvalue weighted by Crippen LogP contribution is 2.36. The summed E-state index contributed by atoms with van der Waals surface area (Å²) in [6.07, 6.45) is 1.77. The van der Waals surface area contributed by atoms with Gasteiger partial charge in [0.1, 0.15) is 5.75 Å². The lowest BCUT2D eigenvalue weighted by Crippen LogP contribution is -2.10. The van der Waals surface area contributed by atoms with Gasteiger partial charge in [0.2, 0.25) is 0 Å². The van der Waals surface area contributed by atoms with Crippen molar-refractivity contribution in [3.8, 4) is 11.8 Å². The monoisotopic (exact) mass is 299 g/mol. The van der Waals surface area contributed by atoms with Crippen molar-refractivity contribution in [1.29, 1.82) is 5.26 Å². The number of halogens is 3. The van der Waals surface area contributed by atoms with Crippen LogP contribution in [0.3, 0.4) is 0 Å². The summed E-state index contributed by atoms with van der Waals surface area (Å²) in [5.74, 6) is -0.199. The van der Waals surface area contributed by atoms with Gasteiger partial charge in [0, 0.05) is 0 Å². The van der Waals surface area contributed by atoms with E-state index < -0.39 is 11.7 Å². The molecule has 0 heterocycles. The first-order valence-corrected chi connectivity index (χ1v) is 7.23. The number of nitrogens with zero attached hydrogens (tertiary/aromatic N) is 1. The van der Waals surface area contributed by atoms with Crippen molar-refractivity contribution >= 4 is 0 Å². The summed E-state index contributed by atoms with van der Waals surface area (Å²) >= 11 is 0. The van der Waals surface area contributed by atoms with E-state index in [1.54, 1.807) is 6.07 Å². The van der Waals surface area contributed by atoms with E-state index in [0.29, 0.717) is 0 Å². The summed E-state index contributed by atoms with van der Waals surface area (Å²) in [5.41, 5.74) is -0.901. The van der Waals surface area contributed by atoms with Crippen LogP contribution in [0.15, 0.2) is 18.2 Å². The number of ether oxygens (including phenoxy) is 1. The number of benzene rings is 1. The second kappa shape index (κ2) is 8.56. The lowest BCUT2D eigenvalue weighted by molar-refractivity contribution is -0.139. The molecule has 1 aromatic carbocycles. The van der Waals surface area contributed by atoms with Crippen LogP contribution in [-0.2, 0) is 6.18 Å². The molecule has 0 unspecified atom stereocenters. The SMILES string of the molecule is CCCCCCCCOc1ccc(C#N)cc1C(F)(F)F. The number of alkyl halides is 3. The molecule has 0 bridgehead atoms. The first-order valence-electron chi connectivity index (χ1n) is 7.23. The maximum atomic E-state index is 12.9. The van der Waals surface area contributed by atoms with Gasteiger partial charge in [-0.25, -0.2) is 0 Å². The Hall–Kier alpha value is -1.70. The Balaban J connectivity index is 2.53. The molecule has 0 fully saturated rings. The van der Waals surface area contributed by atoms with E-state index in [4.69, 9.17) is 10.00 Å². The Morgan fingerprint density at radius 3 is 2.38 bits per heavy atom. The maximum Gasteiger partial charge on any atom is 0.420 e. The molecule has 5 heteroatoms. The Morgan fingerprint density at radius 2 is 1.76 bits per heavy atom. The minimum Gasteiger partial charge on any atom is -0.493 e. The average Bonchev–Trinajstić information content (AvgIpc) is 2.45. The molecule has 0 atom stereocenters. The minimum absolute atomic E-state index is 0.0192. The van der Waals surface area contributed by atoms with Gasteiger partial charge in [0.25, 0.3) is 0 Å². The van der Waals surface area contributed by atoms with Crippen LogP contribution < -0.4 is 4.74 Å². The molecule has 21 heavy (non-hydrogen) atoms. The summed E-state index contributed by atoms with van der Waals surface area (Å²) < 4.78 is 43.9. The van der Waals surface area contributed by atoms with E-state index >= 15 is 0 Å². The molecular formula is C16H20F3NO. The highest BCUT2D eigenvalue weighted by molar-refractivity contribution is 5.43. The largest absolute Gasteiger partial charge is 0.493 e. The van der Waals surface area contributed by atoms with Gasteiger partial charge in [0.05, 0.1) is 23.8 Å². The maximum absolute atomic E-state index is 12.9. The van der Waals surface area contributed by atoms with Gasteiger partial charge in [-0.05, 0) is 24.6 Å². The third-order valence-electron chi connectivity index (χ3n) is 3.17. The van der Waals surface area contributed by atoms with Gasteiger partial charge < -0.3 is 4.74 Å². The molecule has 0 aliphatic rings. The van der Waals surface area contributed by atoms with E-state index in [1.165, 1.54) is 18.6 Å². The third kappa shape index (κ3) is 6.07. The number of rotatable bonds is 8. The average molecular weight is 299 g/mol. The van der Waals surface area contributed by atoms with E-state index in [0.717, 1.165) is 38.2 Å². The van der Waals surface area contributed by atoms with Crippen molar-refractivity contribution in [2.24, 2.45) is 0 Å². The van der Waals surface area contributed by atoms with Crippen LogP contribution >= 0.6 is 0 Å². The number of hydrogen-bond donors (Lipinski definition) is 0. The lowest BCUT2D eigenvalue weighted by Gasteiger charge is -2.14. The lowest BCUT2D eigenvalue weighted by atomic mass is 10.1. The van der Waals surface area contributed by atoms with E-state index in [2.05, 4.69) is 6.92 Å². The summed E-state index contributed by atoms with van der Waals surface area (Å²) in [4.78, 5) is 0. The predicted molar refractivity (Wildman–Crippen MR) is 75.0 cm³/mol. The Kier molecular flexibility index (Phi) is 7.07. The molecule has 1 rings (SSSR count). The van der Waals surface area contributed by atoms with Crippen molar-refractivity contribution < 1.29 is 17.9 Å². The van der Waals surface area contributed by atoms with Crippen molar-refractivity contribution in [3.05, 3.63) is 29.3 Å². The first-order chi connectivity index (χ1) is 9.99. The fourth-order valence-corrected chi connectivity index (χ4v) is 2.01. The smallest absolute Gasteiger partial charge is 0.420 e. The summed E-state index contributed by atoms with van der Waals surface area (Å²) in [5, 5.41) is 8.68. The van der Waals surface area contributed by atoms with E-state index in [1.807, 2.05) is 0 Å². The molecule has 2 nitrogen and oxygen atoms in total. The second-order valence-electron chi connectivity index (χ2n) is 4.94. The number of nitriles is 1. The van der Waals surface area contributed by atoms with Crippen LogP contribution in [0.4, 0.5) is 13.2 Å². The van der Waals surface area contributed by atoms with E-state index in [9.17, 15) is 13.2 Å². The van der Waals surface area contributed by atoms with Crippen molar-refractivity contribution in [2.45, 2.75) is 51.6 Å². The zero-order valence-corrected chi connectivity index (χ0v) is 12.2. The summed E-state index contributed by atoms with van der Waals surface area (Å²) in [6, 6.07) is 5.10. The van der Waals surface area contributed by atoms with Crippen molar-refractivity contribution in [3.63, 3.8) is 0 Å². The highest BCUT2D eigenvalue weighted by atomic mass is 19.4. The first kappa shape index (κ1) is 17.4. The van der Waals surface area contributed by atoms with Gasteiger partial charge in [0.15, 0.2) is 0 Å². The molecule has 0 amide bonds. The predicted octanol–water partition coefficient (Wildman–Crippen LogP) is 5.32. The Labute approximate surface area is 123 Å². The Bertz CT molecular complexity index is 477. The van der Waals surface area contributed by atoms with Crippen LogP contribution in [-0.4, -0.2) is 6.61 Å².